The lowest BCUT2D eigenvalue weighted by Gasteiger charge is -2.37. The third-order valence-electron chi connectivity index (χ3n) is 6.12. The molecule has 1 fully saturated rings. The van der Waals surface area contributed by atoms with Crippen LogP contribution in [0.15, 0.2) is 24.7 Å². The minimum absolute atomic E-state index is 0.0421. The Morgan fingerprint density at radius 2 is 2.03 bits per heavy atom. The van der Waals surface area contributed by atoms with Crippen LogP contribution in [0.1, 0.15) is 35.6 Å². The highest BCUT2D eigenvalue weighted by Gasteiger charge is 2.41. The fourth-order valence-corrected chi connectivity index (χ4v) is 4.64. The normalized spacial score (nSPS) is 17.2. The van der Waals surface area contributed by atoms with Gasteiger partial charge in [-0.25, -0.2) is 19.3 Å². The van der Waals surface area contributed by atoms with Gasteiger partial charge in [-0.1, -0.05) is 25.4 Å². The number of nitrogens with zero attached hydrogens (tertiary/aromatic N) is 6. The van der Waals surface area contributed by atoms with E-state index < -0.39 is 0 Å². The van der Waals surface area contributed by atoms with Crippen molar-refractivity contribution in [3.8, 4) is 0 Å². The fourth-order valence-electron chi connectivity index (χ4n) is 4.39. The molecule has 172 valence electrons. The van der Waals surface area contributed by atoms with E-state index in [0.717, 1.165) is 16.9 Å². The third-order valence-corrected chi connectivity index (χ3v) is 6.41. The van der Waals surface area contributed by atoms with Gasteiger partial charge >= 0.3 is 6.03 Å². The van der Waals surface area contributed by atoms with E-state index in [1.807, 2.05) is 13.1 Å². The Hall–Kier alpha value is -3.24. The Morgan fingerprint density at radius 3 is 2.73 bits per heavy atom. The minimum Gasteiger partial charge on any atom is -0.378 e. The maximum absolute atomic E-state index is 13.2. The molecule has 5 rings (SSSR count). The summed E-state index contributed by atoms with van der Waals surface area (Å²) in [6.07, 6.45) is 5.03. The van der Waals surface area contributed by atoms with Gasteiger partial charge in [0.2, 0.25) is 0 Å². The molecule has 0 saturated carbocycles. The molecule has 3 aromatic rings. The summed E-state index contributed by atoms with van der Waals surface area (Å²) < 4.78 is 6.94. The molecule has 3 aromatic heterocycles. The topological polar surface area (TPSA) is 105 Å². The van der Waals surface area contributed by atoms with E-state index in [1.165, 1.54) is 12.3 Å². The van der Waals surface area contributed by atoms with Gasteiger partial charge in [0.05, 0.1) is 46.8 Å². The van der Waals surface area contributed by atoms with Crippen LogP contribution in [0.5, 0.6) is 0 Å². The quantitative estimate of drug-likeness (QED) is 0.632. The van der Waals surface area contributed by atoms with Crippen molar-refractivity contribution in [1.29, 1.82) is 0 Å². The number of pyridine rings is 1. The predicted octanol–water partition coefficient (Wildman–Crippen LogP) is 2.89. The lowest BCUT2D eigenvalue weighted by molar-refractivity contribution is -0.0194. The number of hydrogen-bond donors (Lipinski definition) is 1. The molecule has 0 atom stereocenters. The number of urea groups is 1. The molecule has 0 spiro atoms. The van der Waals surface area contributed by atoms with Crippen LogP contribution in [0.25, 0.3) is 5.65 Å². The molecule has 0 bridgehead atoms. The van der Waals surface area contributed by atoms with Crippen LogP contribution < -0.4 is 10.2 Å². The van der Waals surface area contributed by atoms with Crippen LogP contribution in [0.3, 0.4) is 0 Å². The van der Waals surface area contributed by atoms with Gasteiger partial charge in [0, 0.05) is 37.7 Å². The second-order valence-corrected chi connectivity index (χ2v) is 9.48. The van der Waals surface area contributed by atoms with Crippen molar-refractivity contribution in [2.45, 2.75) is 32.3 Å². The fraction of sp³-hybridized carbons (Fsp3) is 0.409. The largest absolute Gasteiger partial charge is 0.378 e. The molecule has 2 aliphatic heterocycles. The molecule has 2 aliphatic rings. The van der Waals surface area contributed by atoms with E-state index in [-0.39, 0.29) is 34.2 Å². The van der Waals surface area contributed by atoms with Gasteiger partial charge < -0.3 is 15.0 Å². The van der Waals surface area contributed by atoms with Crippen LogP contribution in [0, 0.1) is 6.92 Å². The first-order chi connectivity index (χ1) is 15.7. The Morgan fingerprint density at radius 1 is 1.27 bits per heavy atom. The van der Waals surface area contributed by atoms with Crippen LogP contribution in [0.4, 0.5) is 16.2 Å². The highest BCUT2D eigenvalue weighted by Crippen LogP contribution is 2.42. The minimum atomic E-state index is -0.334. The molecule has 0 aliphatic carbocycles. The Bertz CT molecular complexity index is 1280. The Balaban J connectivity index is 1.36. The van der Waals surface area contributed by atoms with Crippen LogP contribution >= 0.6 is 11.6 Å². The number of anilines is 2. The number of nitrogens with one attached hydrogen (secondary N) is 1. The first kappa shape index (κ1) is 21.6. The molecule has 0 aromatic carbocycles. The first-order valence-electron chi connectivity index (χ1n) is 10.6. The monoisotopic (exact) mass is 469 g/mol. The Kier molecular flexibility index (Phi) is 5.02. The average molecular weight is 470 g/mol. The molecular formula is C22H24ClN7O3. The number of likely N-dealkylation sites (tertiary alicyclic amines) is 1. The van der Waals surface area contributed by atoms with E-state index in [1.54, 1.807) is 27.6 Å². The van der Waals surface area contributed by atoms with Crippen molar-refractivity contribution in [3.05, 3.63) is 46.6 Å². The highest BCUT2D eigenvalue weighted by molar-refractivity contribution is 6.33. The summed E-state index contributed by atoms with van der Waals surface area (Å²) in [5, 5.41) is 7.43. The van der Waals surface area contributed by atoms with Crippen LogP contribution in [0.2, 0.25) is 5.02 Å². The SMILES string of the molecule is COC1CN(C(=O)c2ncc(NC(=O)N3CC(C)(C)c4c3cnn3cc(C)nc43)cc2Cl)C1. The maximum atomic E-state index is 13.2. The van der Waals surface area contributed by atoms with Gasteiger partial charge in [0.15, 0.2) is 5.65 Å². The van der Waals surface area contributed by atoms with E-state index in [0.29, 0.717) is 31.0 Å². The van der Waals surface area contributed by atoms with Gasteiger partial charge in [-0.3, -0.25) is 9.69 Å². The van der Waals surface area contributed by atoms with Gasteiger partial charge in [-0.2, -0.15) is 5.10 Å². The second-order valence-electron chi connectivity index (χ2n) is 9.08. The summed E-state index contributed by atoms with van der Waals surface area (Å²) in [6, 6.07) is 1.20. The lowest BCUT2D eigenvalue weighted by Crippen LogP contribution is -2.54. The maximum Gasteiger partial charge on any atom is 0.326 e. The van der Waals surface area contributed by atoms with E-state index in [4.69, 9.17) is 16.3 Å². The zero-order valence-corrected chi connectivity index (χ0v) is 19.5. The number of hydrogen-bond acceptors (Lipinski definition) is 6. The molecule has 5 heterocycles. The molecule has 3 amide bonds. The molecule has 11 heteroatoms. The standard InChI is InChI=1S/C22H24ClN7O3/c1-12-8-30-19(26-12)17-16(7-25-30)29(11-22(17,2)3)21(32)27-13-5-15(23)18(24-6-13)20(31)28-9-14(10-28)33-4/h5-8,14H,9-11H2,1-4H3,(H,27,32). The smallest absolute Gasteiger partial charge is 0.326 e. The average Bonchev–Trinajstić information content (AvgIpc) is 3.23. The number of aryl methyl sites for hydroxylation is 1. The van der Waals surface area contributed by atoms with E-state index in [2.05, 4.69) is 34.2 Å². The first-order valence-corrected chi connectivity index (χ1v) is 11.0. The molecule has 0 unspecified atom stereocenters. The lowest BCUT2D eigenvalue weighted by atomic mass is 9.88. The van der Waals surface area contributed by atoms with Crippen LogP contribution in [-0.2, 0) is 10.2 Å². The van der Waals surface area contributed by atoms with Gasteiger partial charge in [-0.05, 0) is 13.0 Å². The number of fused-ring (bicyclic) bond motifs is 3. The second kappa shape index (κ2) is 7.67. The number of rotatable bonds is 3. The van der Waals surface area contributed by atoms with Crippen LogP contribution in [-0.4, -0.2) is 69.3 Å². The van der Waals surface area contributed by atoms with Gasteiger partial charge in [0.25, 0.3) is 5.91 Å². The summed E-state index contributed by atoms with van der Waals surface area (Å²) in [4.78, 5) is 37.8. The number of carbonyl (C=O) groups is 2. The molecular weight excluding hydrogens is 446 g/mol. The predicted molar refractivity (Wildman–Crippen MR) is 123 cm³/mol. The molecule has 1 N–H and O–H groups in total. The van der Waals surface area contributed by atoms with E-state index in [9.17, 15) is 9.59 Å². The van der Waals surface area contributed by atoms with Crippen molar-refractivity contribution in [2.24, 2.45) is 0 Å². The zero-order chi connectivity index (χ0) is 23.5. The molecule has 10 nitrogen and oxygen atoms in total. The summed E-state index contributed by atoms with van der Waals surface area (Å²) >= 11 is 6.33. The third kappa shape index (κ3) is 3.59. The molecule has 33 heavy (non-hydrogen) atoms. The van der Waals surface area contributed by atoms with Crippen molar-refractivity contribution >= 4 is 40.6 Å². The number of ether oxygens (including phenoxy) is 1. The highest BCUT2D eigenvalue weighted by atomic mass is 35.5. The zero-order valence-electron chi connectivity index (χ0n) is 18.8. The van der Waals surface area contributed by atoms with Gasteiger partial charge in [0.1, 0.15) is 5.69 Å². The van der Waals surface area contributed by atoms with E-state index >= 15 is 0 Å². The summed E-state index contributed by atoms with van der Waals surface area (Å²) in [7, 11) is 1.62. The van der Waals surface area contributed by atoms with Crippen molar-refractivity contribution in [2.75, 3.05) is 37.0 Å². The number of aromatic nitrogens is 4. The summed E-state index contributed by atoms with van der Waals surface area (Å²) in [5.74, 6) is -0.258. The summed E-state index contributed by atoms with van der Waals surface area (Å²) in [6.45, 7) is 7.55. The number of methoxy groups -OCH3 is 1. The van der Waals surface area contributed by atoms with Crippen molar-refractivity contribution in [3.63, 3.8) is 0 Å². The van der Waals surface area contributed by atoms with Gasteiger partial charge in [-0.15, -0.1) is 0 Å². The number of imidazole rings is 1. The number of halogens is 1. The number of carbonyl (C=O) groups excluding carboxylic acids is 2. The number of amides is 3. The van der Waals surface area contributed by atoms with Crippen molar-refractivity contribution < 1.29 is 14.3 Å². The summed E-state index contributed by atoms with van der Waals surface area (Å²) in [5.41, 5.74) is 3.54. The van der Waals surface area contributed by atoms with Crippen molar-refractivity contribution in [1.82, 2.24) is 24.5 Å². The molecule has 0 radical (unpaired) electrons. The molecule has 1 saturated heterocycles. The Labute approximate surface area is 195 Å².